The highest BCUT2D eigenvalue weighted by atomic mass is 16.7. The summed E-state index contributed by atoms with van der Waals surface area (Å²) in [5.41, 5.74) is 1.42. The molecule has 0 amide bonds. The number of hydrogen-bond donors (Lipinski definition) is 0. The SMILES string of the molecule is O=C(OC[C@H]1O[C@@H](n2cnc3cnn(COCc4ccccc4)c(=O)c32)[C@H](OC(=O)c2ccccc2)[C@@H]1OC(=O)c1ccccc1)c1ccccc1. The zero-order valence-corrected chi connectivity index (χ0v) is 27.6. The lowest BCUT2D eigenvalue weighted by Crippen LogP contribution is -2.41. The van der Waals surface area contributed by atoms with Crippen molar-refractivity contribution >= 4 is 28.9 Å². The first-order valence-corrected chi connectivity index (χ1v) is 16.4. The number of ether oxygens (including phenoxy) is 5. The second-order valence-electron chi connectivity index (χ2n) is 11.8. The van der Waals surface area contributed by atoms with E-state index in [2.05, 4.69) is 10.1 Å². The van der Waals surface area contributed by atoms with Gasteiger partial charge in [-0.25, -0.2) is 24.0 Å². The maximum absolute atomic E-state index is 13.9. The third kappa shape index (κ3) is 7.50. The van der Waals surface area contributed by atoms with Gasteiger partial charge in [0.05, 0.1) is 35.8 Å². The molecule has 1 saturated heterocycles. The molecule has 262 valence electrons. The van der Waals surface area contributed by atoms with Gasteiger partial charge in [-0.2, -0.15) is 5.10 Å². The molecule has 0 aliphatic carbocycles. The zero-order chi connectivity index (χ0) is 35.9. The predicted octanol–water partition coefficient (Wildman–Crippen LogP) is 4.97. The Morgan fingerprint density at radius 3 is 1.83 bits per heavy atom. The molecule has 0 bridgehead atoms. The fourth-order valence-electron chi connectivity index (χ4n) is 5.78. The molecule has 1 aliphatic heterocycles. The van der Waals surface area contributed by atoms with Crippen LogP contribution >= 0.6 is 0 Å². The number of nitrogens with zero attached hydrogens (tertiary/aromatic N) is 4. The van der Waals surface area contributed by atoms with Crippen LogP contribution in [-0.2, 0) is 37.0 Å². The molecule has 0 radical (unpaired) electrons. The van der Waals surface area contributed by atoms with Crippen molar-refractivity contribution in [1.29, 1.82) is 0 Å². The van der Waals surface area contributed by atoms with Crippen molar-refractivity contribution in [2.45, 2.75) is 37.9 Å². The van der Waals surface area contributed by atoms with Crippen LogP contribution in [0.15, 0.2) is 139 Å². The molecule has 0 saturated carbocycles. The molecule has 7 rings (SSSR count). The fraction of sp³-hybridized carbons (Fsp3) is 0.179. The number of aromatic nitrogens is 4. The van der Waals surface area contributed by atoms with Gasteiger partial charge in [-0.05, 0) is 42.0 Å². The normalized spacial score (nSPS) is 18.2. The quantitative estimate of drug-likeness (QED) is 0.126. The van der Waals surface area contributed by atoms with E-state index in [1.54, 1.807) is 91.0 Å². The molecule has 6 aromatic rings. The highest BCUT2D eigenvalue weighted by Gasteiger charge is 2.52. The number of rotatable bonds is 12. The Morgan fingerprint density at radius 2 is 1.23 bits per heavy atom. The van der Waals surface area contributed by atoms with E-state index in [1.807, 2.05) is 30.3 Å². The highest BCUT2D eigenvalue weighted by molar-refractivity contribution is 5.91. The van der Waals surface area contributed by atoms with E-state index in [0.29, 0.717) is 5.56 Å². The van der Waals surface area contributed by atoms with Gasteiger partial charge in [-0.15, -0.1) is 0 Å². The van der Waals surface area contributed by atoms with Crippen molar-refractivity contribution in [3.63, 3.8) is 0 Å². The van der Waals surface area contributed by atoms with Crippen molar-refractivity contribution in [3.05, 3.63) is 166 Å². The number of carbonyl (C=O) groups is 3. The Hall–Kier alpha value is -6.44. The van der Waals surface area contributed by atoms with Crippen LogP contribution in [0.2, 0.25) is 0 Å². The number of benzene rings is 4. The lowest BCUT2D eigenvalue weighted by molar-refractivity contribution is -0.0605. The minimum absolute atomic E-state index is 0.0686. The van der Waals surface area contributed by atoms with Crippen LogP contribution in [0, 0.1) is 0 Å². The minimum atomic E-state index is -1.34. The van der Waals surface area contributed by atoms with Crippen LogP contribution in [0.3, 0.4) is 0 Å². The van der Waals surface area contributed by atoms with Crippen molar-refractivity contribution < 1.29 is 38.1 Å². The summed E-state index contributed by atoms with van der Waals surface area (Å²) >= 11 is 0. The van der Waals surface area contributed by atoms with Crippen LogP contribution in [0.1, 0.15) is 42.9 Å². The molecule has 13 heteroatoms. The van der Waals surface area contributed by atoms with E-state index >= 15 is 0 Å². The van der Waals surface area contributed by atoms with E-state index in [0.717, 1.165) is 10.2 Å². The summed E-state index contributed by atoms with van der Waals surface area (Å²) in [6, 6.07) is 34.3. The third-order valence-corrected chi connectivity index (χ3v) is 8.36. The largest absolute Gasteiger partial charge is 0.459 e. The Kier molecular flexibility index (Phi) is 10.2. The number of imidazole rings is 1. The molecule has 3 heterocycles. The molecule has 13 nitrogen and oxygen atoms in total. The summed E-state index contributed by atoms with van der Waals surface area (Å²) in [7, 11) is 0. The topological polar surface area (TPSA) is 150 Å². The van der Waals surface area contributed by atoms with Gasteiger partial charge < -0.3 is 23.7 Å². The average Bonchev–Trinajstić information content (AvgIpc) is 3.77. The van der Waals surface area contributed by atoms with Crippen LogP contribution in [0.4, 0.5) is 0 Å². The van der Waals surface area contributed by atoms with Crippen molar-refractivity contribution in [3.8, 4) is 0 Å². The molecular weight excluding hydrogens is 668 g/mol. The molecule has 0 spiro atoms. The van der Waals surface area contributed by atoms with E-state index in [-0.39, 0.29) is 42.1 Å². The Balaban J connectivity index is 1.24. The summed E-state index contributed by atoms with van der Waals surface area (Å²) in [4.78, 5) is 58.3. The molecule has 4 aromatic carbocycles. The van der Waals surface area contributed by atoms with Crippen LogP contribution in [-0.4, -0.2) is 62.2 Å². The number of fused-ring (bicyclic) bond motifs is 1. The Morgan fingerprint density at radius 1 is 0.692 bits per heavy atom. The number of carbonyl (C=O) groups excluding carboxylic acids is 3. The molecule has 2 aromatic heterocycles. The predicted molar refractivity (Wildman–Crippen MR) is 185 cm³/mol. The maximum Gasteiger partial charge on any atom is 0.338 e. The molecule has 1 fully saturated rings. The second-order valence-corrected chi connectivity index (χ2v) is 11.8. The van der Waals surface area contributed by atoms with E-state index in [1.165, 1.54) is 17.1 Å². The molecule has 4 atom stereocenters. The first-order chi connectivity index (χ1) is 25.5. The van der Waals surface area contributed by atoms with Gasteiger partial charge in [0.15, 0.2) is 18.4 Å². The average molecular weight is 701 g/mol. The van der Waals surface area contributed by atoms with E-state index < -0.39 is 48.0 Å². The molecule has 0 N–H and O–H groups in total. The number of hydrogen-bond acceptors (Lipinski definition) is 11. The van der Waals surface area contributed by atoms with Gasteiger partial charge >= 0.3 is 17.9 Å². The van der Waals surface area contributed by atoms with Gasteiger partial charge in [0.25, 0.3) is 5.56 Å². The van der Waals surface area contributed by atoms with E-state index in [9.17, 15) is 19.2 Å². The lowest BCUT2D eigenvalue weighted by Gasteiger charge is -2.25. The van der Waals surface area contributed by atoms with Crippen LogP contribution < -0.4 is 5.56 Å². The Labute approximate surface area is 296 Å². The van der Waals surface area contributed by atoms with Gasteiger partial charge in [0.2, 0.25) is 0 Å². The molecular formula is C39H32N4O9. The molecule has 0 unspecified atom stereocenters. The van der Waals surface area contributed by atoms with E-state index in [4.69, 9.17) is 23.7 Å². The maximum atomic E-state index is 13.9. The number of esters is 3. The van der Waals surface area contributed by atoms with Crippen molar-refractivity contribution in [2.75, 3.05) is 6.61 Å². The highest BCUT2D eigenvalue weighted by Crippen LogP contribution is 2.36. The van der Waals surface area contributed by atoms with Gasteiger partial charge in [0.1, 0.15) is 30.5 Å². The first kappa shape index (κ1) is 34.0. The zero-order valence-electron chi connectivity index (χ0n) is 27.6. The second kappa shape index (κ2) is 15.6. The van der Waals surface area contributed by atoms with Gasteiger partial charge in [-0.1, -0.05) is 84.9 Å². The van der Waals surface area contributed by atoms with Gasteiger partial charge in [-0.3, -0.25) is 9.36 Å². The lowest BCUT2D eigenvalue weighted by atomic mass is 10.1. The third-order valence-electron chi connectivity index (χ3n) is 8.36. The van der Waals surface area contributed by atoms with Gasteiger partial charge in [0, 0.05) is 0 Å². The fourth-order valence-corrected chi connectivity index (χ4v) is 5.78. The Bertz CT molecular complexity index is 2210. The molecule has 52 heavy (non-hydrogen) atoms. The monoisotopic (exact) mass is 700 g/mol. The summed E-state index contributed by atoms with van der Waals surface area (Å²) < 4.78 is 32.4. The van der Waals surface area contributed by atoms with Crippen molar-refractivity contribution in [1.82, 2.24) is 19.3 Å². The van der Waals surface area contributed by atoms with Crippen LogP contribution in [0.25, 0.3) is 11.0 Å². The minimum Gasteiger partial charge on any atom is -0.459 e. The van der Waals surface area contributed by atoms with Crippen molar-refractivity contribution in [2.24, 2.45) is 0 Å². The molecule has 1 aliphatic rings. The summed E-state index contributed by atoms with van der Waals surface area (Å²) in [6.45, 7) is -0.308. The standard InChI is InChI=1S/C39H32N4O9/c44-35-32-30(21-41-43(35)25-48-22-26-13-5-1-6-14-26)40-24-42(32)36-34(52-39(47)29-19-11-4-12-20-29)33(51-38(46)28-17-9-3-10-18-28)31(50-36)23-49-37(45)27-15-7-2-8-16-27/h1-21,24,31,33-34,36H,22-23,25H2/t31-,33-,34-,36-/m1/s1. The first-order valence-electron chi connectivity index (χ1n) is 16.4. The summed E-state index contributed by atoms with van der Waals surface area (Å²) in [5.74, 6) is -2.11. The smallest absolute Gasteiger partial charge is 0.338 e. The van der Waals surface area contributed by atoms with Crippen LogP contribution in [0.5, 0.6) is 0 Å². The summed E-state index contributed by atoms with van der Waals surface area (Å²) in [5, 5.41) is 4.22. The summed E-state index contributed by atoms with van der Waals surface area (Å²) in [6.07, 6.45) is -2.29.